The number of likely N-dealkylation sites (N-methyl/N-ethyl adjacent to an activating group) is 1. The van der Waals surface area contributed by atoms with Gasteiger partial charge in [-0.2, -0.15) is 0 Å². The summed E-state index contributed by atoms with van der Waals surface area (Å²) in [6, 6.07) is 0. The van der Waals surface area contributed by atoms with E-state index in [1.807, 2.05) is 6.92 Å². The average Bonchev–Trinajstić information content (AvgIpc) is 2.37. The minimum absolute atomic E-state index is 0.0901. The molecule has 0 aliphatic carbocycles. The molecule has 1 heterocycles. The van der Waals surface area contributed by atoms with Gasteiger partial charge in [0.1, 0.15) is 11.5 Å². The molecule has 0 saturated carbocycles. The molecule has 19 heavy (non-hydrogen) atoms. The largest absolute Gasteiger partial charge is 0.395 e. The highest BCUT2D eigenvalue weighted by atomic mass is 16.3. The Labute approximate surface area is 111 Å². The molecule has 0 bridgehead atoms. The number of aromatic nitrogens is 2. The summed E-state index contributed by atoms with van der Waals surface area (Å²) in [7, 11) is 3.10. The summed E-state index contributed by atoms with van der Waals surface area (Å²) in [6.45, 7) is 2.69. The second-order valence-corrected chi connectivity index (χ2v) is 4.53. The number of anilines is 2. The molecule has 0 radical (unpaired) electrons. The van der Waals surface area contributed by atoms with E-state index in [9.17, 15) is 9.59 Å². The van der Waals surface area contributed by atoms with E-state index in [1.54, 1.807) is 11.9 Å². The molecule has 0 aromatic carbocycles. The molecule has 0 amide bonds. The summed E-state index contributed by atoms with van der Waals surface area (Å²) in [6.07, 6.45) is 1.74. The number of aliphatic hydroxyl groups excluding tert-OH is 1. The van der Waals surface area contributed by atoms with Crippen LogP contribution in [0.25, 0.3) is 0 Å². The molecule has 108 valence electrons. The Kier molecular flexibility index (Phi) is 5.17. The lowest BCUT2D eigenvalue weighted by atomic mass is 10.3. The predicted molar refractivity (Wildman–Crippen MR) is 75.6 cm³/mol. The highest BCUT2D eigenvalue weighted by molar-refractivity contribution is 5.62. The molecule has 7 heteroatoms. The fourth-order valence-corrected chi connectivity index (χ4v) is 1.92. The van der Waals surface area contributed by atoms with Gasteiger partial charge in [-0.1, -0.05) is 13.3 Å². The van der Waals surface area contributed by atoms with Crippen LogP contribution in [0.3, 0.4) is 0 Å². The van der Waals surface area contributed by atoms with E-state index in [4.69, 9.17) is 10.8 Å². The van der Waals surface area contributed by atoms with Crippen molar-refractivity contribution in [2.75, 3.05) is 30.8 Å². The zero-order chi connectivity index (χ0) is 14.6. The predicted octanol–water partition coefficient (Wildman–Crippen LogP) is -0.642. The van der Waals surface area contributed by atoms with Gasteiger partial charge in [0.15, 0.2) is 0 Å². The van der Waals surface area contributed by atoms with Gasteiger partial charge in [-0.25, -0.2) is 4.79 Å². The van der Waals surface area contributed by atoms with Crippen LogP contribution in [-0.2, 0) is 13.6 Å². The molecule has 0 spiro atoms. The van der Waals surface area contributed by atoms with E-state index < -0.39 is 11.2 Å². The normalized spacial score (nSPS) is 10.7. The minimum atomic E-state index is -0.439. The molecule has 0 aliphatic heterocycles. The molecular weight excluding hydrogens is 248 g/mol. The van der Waals surface area contributed by atoms with Crippen LogP contribution in [0, 0.1) is 0 Å². The molecule has 0 fully saturated rings. The first-order valence-corrected chi connectivity index (χ1v) is 6.37. The van der Waals surface area contributed by atoms with Crippen molar-refractivity contribution in [3.63, 3.8) is 0 Å². The second kappa shape index (κ2) is 6.42. The Morgan fingerprint density at radius 1 is 1.37 bits per heavy atom. The molecule has 1 rings (SSSR count). The SMILES string of the molecule is CCCCn1c(N)c(N(C)CCO)c(=O)n(C)c1=O. The third kappa shape index (κ3) is 2.98. The molecule has 0 atom stereocenters. The highest BCUT2D eigenvalue weighted by Crippen LogP contribution is 2.15. The van der Waals surface area contributed by atoms with E-state index in [-0.39, 0.29) is 24.7 Å². The second-order valence-electron chi connectivity index (χ2n) is 4.53. The van der Waals surface area contributed by atoms with Crippen molar-refractivity contribution >= 4 is 11.5 Å². The van der Waals surface area contributed by atoms with Gasteiger partial charge in [-0.3, -0.25) is 13.9 Å². The molecule has 3 N–H and O–H groups in total. The monoisotopic (exact) mass is 270 g/mol. The van der Waals surface area contributed by atoms with Crippen LogP contribution in [-0.4, -0.2) is 34.4 Å². The van der Waals surface area contributed by atoms with Gasteiger partial charge in [-0.05, 0) is 6.42 Å². The summed E-state index contributed by atoms with van der Waals surface area (Å²) in [4.78, 5) is 25.7. The van der Waals surface area contributed by atoms with Crippen LogP contribution in [0.5, 0.6) is 0 Å². The van der Waals surface area contributed by atoms with Gasteiger partial charge < -0.3 is 15.7 Å². The van der Waals surface area contributed by atoms with Crippen LogP contribution in [0.2, 0.25) is 0 Å². The van der Waals surface area contributed by atoms with Crippen LogP contribution in [0.1, 0.15) is 19.8 Å². The van der Waals surface area contributed by atoms with E-state index >= 15 is 0 Å². The van der Waals surface area contributed by atoms with Crippen molar-refractivity contribution in [3.05, 3.63) is 20.8 Å². The average molecular weight is 270 g/mol. The molecule has 0 saturated heterocycles. The van der Waals surface area contributed by atoms with E-state index in [1.165, 1.54) is 11.6 Å². The lowest BCUT2D eigenvalue weighted by Gasteiger charge is -2.22. The van der Waals surface area contributed by atoms with Crippen molar-refractivity contribution in [3.8, 4) is 0 Å². The number of rotatable bonds is 6. The molecular formula is C12H22N4O3. The van der Waals surface area contributed by atoms with E-state index in [0.29, 0.717) is 6.54 Å². The lowest BCUT2D eigenvalue weighted by molar-refractivity contribution is 0.304. The molecule has 0 unspecified atom stereocenters. The number of hydrogen-bond donors (Lipinski definition) is 2. The number of nitrogen functional groups attached to an aromatic ring is 1. The van der Waals surface area contributed by atoms with Crippen molar-refractivity contribution in [2.45, 2.75) is 26.3 Å². The highest BCUT2D eigenvalue weighted by Gasteiger charge is 2.17. The third-order valence-corrected chi connectivity index (χ3v) is 3.11. The number of nitrogens with zero attached hydrogens (tertiary/aromatic N) is 3. The van der Waals surface area contributed by atoms with Crippen molar-refractivity contribution < 1.29 is 5.11 Å². The Morgan fingerprint density at radius 3 is 2.53 bits per heavy atom. The third-order valence-electron chi connectivity index (χ3n) is 3.11. The van der Waals surface area contributed by atoms with Crippen LogP contribution < -0.4 is 21.9 Å². The van der Waals surface area contributed by atoms with Gasteiger partial charge in [0.25, 0.3) is 5.56 Å². The van der Waals surface area contributed by atoms with E-state index in [2.05, 4.69) is 0 Å². The van der Waals surface area contributed by atoms with E-state index in [0.717, 1.165) is 17.4 Å². The van der Waals surface area contributed by atoms with Crippen molar-refractivity contribution in [2.24, 2.45) is 7.05 Å². The summed E-state index contributed by atoms with van der Waals surface area (Å²) in [5.74, 6) is 0.164. The Morgan fingerprint density at radius 2 is 2.00 bits per heavy atom. The first-order valence-electron chi connectivity index (χ1n) is 6.37. The van der Waals surface area contributed by atoms with Gasteiger partial charge in [0.2, 0.25) is 0 Å². The van der Waals surface area contributed by atoms with Gasteiger partial charge in [0, 0.05) is 27.2 Å². The number of nitrogens with two attached hydrogens (primary N) is 1. The van der Waals surface area contributed by atoms with Gasteiger partial charge >= 0.3 is 5.69 Å². The molecule has 0 aliphatic rings. The summed E-state index contributed by atoms with van der Waals surface area (Å²) < 4.78 is 2.46. The van der Waals surface area contributed by atoms with Crippen molar-refractivity contribution in [1.82, 2.24) is 9.13 Å². The maximum absolute atomic E-state index is 12.1. The Bertz CT molecular complexity index is 547. The minimum Gasteiger partial charge on any atom is -0.395 e. The summed E-state index contributed by atoms with van der Waals surface area (Å²) >= 11 is 0. The zero-order valence-electron chi connectivity index (χ0n) is 11.7. The first-order chi connectivity index (χ1) is 8.95. The Hall–Kier alpha value is -1.76. The molecule has 7 nitrogen and oxygen atoms in total. The van der Waals surface area contributed by atoms with Crippen molar-refractivity contribution in [1.29, 1.82) is 0 Å². The fraction of sp³-hybridized carbons (Fsp3) is 0.667. The number of aliphatic hydroxyl groups is 1. The standard InChI is InChI=1S/C12H22N4O3/c1-4-5-6-16-10(13)9(14(2)7-8-17)11(18)15(3)12(16)19/h17H,4-8,13H2,1-3H3. The van der Waals surface area contributed by atoms with Gasteiger partial charge in [0.05, 0.1) is 6.61 Å². The first kappa shape index (κ1) is 15.3. The quantitative estimate of drug-likeness (QED) is 0.717. The number of unbranched alkanes of at least 4 members (excludes halogenated alkanes) is 1. The summed E-state index contributed by atoms with van der Waals surface area (Å²) in [5, 5.41) is 8.95. The number of hydrogen-bond acceptors (Lipinski definition) is 5. The van der Waals surface area contributed by atoms with Crippen LogP contribution in [0.4, 0.5) is 11.5 Å². The maximum Gasteiger partial charge on any atom is 0.332 e. The van der Waals surface area contributed by atoms with Crippen LogP contribution in [0.15, 0.2) is 9.59 Å². The molecule has 1 aromatic rings. The maximum atomic E-state index is 12.1. The topological polar surface area (TPSA) is 93.5 Å². The Balaban J connectivity index is 3.43. The van der Waals surface area contributed by atoms with Gasteiger partial charge in [-0.15, -0.1) is 0 Å². The smallest absolute Gasteiger partial charge is 0.332 e. The van der Waals surface area contributed by atoms with Crippen LogP contribution >= 0.6 is 0 Å². The fourth-order valence-electron chi connectivity index (χ4n) is 1.92. The zero-order valence-corrected chi connectivity index (χ0v) is 11.7. The summed E-state index contributed by atoms with van der Waals surface area (Å²) in [5.41, 5.74) is 5.36. The lowest BCUT2D eigenvalue weighted by Crippen LogP contribution is -2.43. The molecule has 1 aromatic heterocycles.